The first-order chi connectivity index (χ1) is 9.11. The van der Waals surface area contributed by atoms with Crippen molar-refractivity contribution in [3.63, 3.8) is 0 Å². The highest BCUT2D eigenvalue weighted by Gasteiger charge is 2.38. The summed E-state index contributed by atoms with van der Waals surface area (Å²) in [6, 6.07) is -0.778. The van der Waals surface area contributed by atoms with Gasteiger partial charge in [0.1, 0.15) is 6.04 Å². The zero-order chi connectivity index (χ0) is 13.8. The molecule has 2 aliphatic rings. The van der Waals surface area contributed by atoms with E-state index in [4.69, 9.17) is 0 Å². The van der Waals surface area contributed by atoms with Gasteiger partial charge in [-0.1, -0.05) is 6.92 Å². The van der Waals surface area contributed by atoms with E-state index in [-0.39, 0.29) is 11.9 Å². The fourth-order valence-corrected chi connectivity index (χ4v) is 3.00. The van der Waals surface area contributed by atoms with Crippen molar-refractivity contribution in [2.45, 2.75) is 32.2 Å². The zero-order valence-corrected chi connectivity index (χ0v) is 11.5. The van der Waals surface area contributed by atoms with E-state index < -0.39 is 12.0 Å². The van der Waals surface area contributed by atoms with E-state index in [1.165, 1.54) is 0 Å². The predicted octanol–water partition coefficient (Wildman–Crippen LogP) is 0.587. The molecular formula is C13H23N3O3. The van der Waals surface area contributed by atoms with Crippen LogP contribution in [-0.4, -0.2) is 65.7 Å². The van der Waals surface area contributed by atoms with Crippen LogP contribution in [0.3, 0.4) is 0 Å². The number of aliphatic carboxylic acids is 1. The van der Waals surface area contributed by atoms with Crippen molar-refractivity contribution in [2.75, 3.05) is 32.7 Å². The molecule has 0 bridgehead atoms. The number of likely N-dealkylation sites (tertiary alicyclic amines) is 1. The lowest BCUT2D eigenvalue weighted by atomic mass is 9.91. The monoisotopic (exact) mass is 269 g/mol. The van der Waals surface area contributed by atoms with Crippen LogP contribution in [0.1, 0.15) is 26.2 Å². The third-order valence-electron chi connectivity index (χ3n) is 4.04. The minimum absolute atomic E-state index is 0.0281. The summed E-state index contributed by atoms with van der Waals surface area (Å²) in [4.78, 5) is 27.3. The van der Waals surface area contributed by atoms with Gasteiger partial charge in [0.2, 0.25) is 0 Å². The van der Waals surface area contributed by atoms with Crippen LogP contribution in [0.5, 0.6) is 0 Å². The molecule has 108 valence electrons. The Balaban J connectivity index is 2.08. The van der Waals surface area contributed by atoms with E-state index in [9.17, 15) is 14.7 Å². The number of nitrogens with zero attached hydrogens (tertiary/aromatic N) is 2. The number of urea groups is 1. The number of piperidine rings is 1. The highest BCUT2D eigenvalue weighted by atomic mass is 16.4. The van der Waals surface area contributed by atoms with E-state index in [0.29, 0.717) is 19.6 Å². The number of hydrogen-bond acceptors (Lipinski definition) is 3. The van der Waals surface area contributed by atoms with E-state index in [0.717, 1.165) is 32.4 Å². The Labute approximate surface area is 113 Å². The summed E-state index contributed by atoms with van der Waals surface area (Å²) in [6.45, 7) is 5.56. The number of carbonyl (C=O) groups excluding carboxylic acids is 1. The number of carbonyl (C=O) groups is 2. The van der Waals surface area contributed by atoms with Crippen LogP contribution in [0.15, 0.2) is 0 Å². The quantitative estimate of drug-likeness (QED) is 0.730. The number of amides is 2. The lowest BCUT2D eigenvalue weighted by Crippen LogP contribution is -2.56. The largest absolute Gasteiger partial charge is 0.480 e. The van der Waals surface area contributed by atoms with Crippen LogP contribution in [0.2, 0.25) is 0 Å². The maximum atomic E-state index is 12.5. The van der Waals surface area contributed by atoms with Crippen LogP contribution < -0.4 is 5.32 Å². The van der Waals surface area contributed by atoms with Gasteiger partial charge in [-0.15, -0.1) is 0 Å². The summed E-state index contributed by atoms with van der Waals surface area (Å²) < 4.78 is 0. The summed E-state index contributed by atoms with van der Waals surface area (Å²) in [5, 5.41) is 12.6. The first-order valence-corrected chi connectivity index (χ1v) is 7.10. The highest BCUT2D eigenvalue weighted by Crippen LogP contribution is 2.24. The number of rotatable bonds is 1. The van der Waals surface area contributed by atoms with Gasteiger partial charge in [-0.3, -0.25) is 0 Å². The number of carboxylic acid groups (broad SMARTS) is 1. The van der Waals surface area contributed by atoms with E-state index in [1.807, 2.05) is 6.92 Å². The molecule has 2 amide bonds. The Morgan fingerprint density at radius 3 is 2.68 bits per heavy atom. The fourth-order valence-electron chi connectivity index (χ4n) is 3.00. The zero-order valence-electron chi connectivity index (χ0n) is 11.5. The van der Waals surface area contributed by atoms with E-state index in [2.05, 4.69) is 5.32 Å². The Hall–Kier alpha value is -1.30. The van der Waals surface area contributed by atoms with Gasteiger partial charge < -0.3 is 20.2 Å². The maximum absolute atomic E-state index is 12.5. The van der Waals surface area contributed by atoms with Crippen molar-refractivity contribution in [3.05, 3.63) is 0 Å². The van der Waals surface area contributed by atoms with Crippen LogP contribution >= 0.6 is 0 Å². The van der Waals surface area contributed by atoms with Crippen molar-refractivity contribution in [3.8, 4) is 0 Å². The molecule has 0 spiro atoms. The molecule has 6 heteroatoms. The standard InChI is InChI=1S/C13H23N3O3/c1-10-4-2-8-16(11(10)12(17)18)13(19)15-7-3-5-14-6-9-15/h10-11,14H,2-9H2,1H3,(H,17,18). The summed E-state index contributed by atoms with van der Waals surface area (Å²) >= 11 is 0. The molecule has 2 N–H and O–H groups in total. The molecule has 2 aliphatic heterocycles. The van der Waals surface area contributed by atoms with Crippen molar-refractivity contribution >= 4 is 12.0 Å². The number of carboxylic acids is 1. The molecule has 2 fully saturated rings. The summed E-state index contributed by atoms with van der Waals surface area (Å²) in [5.74, 6) is -0.853. The molecule has 0 aromatic heterocycles. The molecule has 2 saturated heterocycles. The van der Waals surface area contributed by atoms with Gasteiger partial charge >= 0.3 is 12.0 Å². The minimum atomic E-state index is -0.881. The van der Waals surface area contributed by atoms with Gasteiger partial charge in [-0.05, 0) is 31.7 Å². The van der Waals surface area contributed by atoms with Gasteiger partial charge in [0.15, 0.2) is 0 Å². The molecule has 0 saturated carbocycles. The van der Waals surface area contributed by atoms with Gasteiger partial charge in [0.05, 0.1) is 0 Å². The summed E-state index contributed by atoms with van der Waals surface area (Å²) in [7, 11) is 0. The molecule has 2 unspecified atom stereocenters. The van der Waals surface area contributed by atoms with Crippen molar-refractivity contribution in [1.82, 2.24) is 15.1 Å². The Morgan fingerprint density at radius 1 is 1.16 bits per heavy atom. The molecule has 19 heavy (non-hydrogen) atoms. The second kappa shape index (κ2) is 6.23. The number of hydrogen-bond donors (Lipinski definition) is 2. The van der Waals surface area contributed by atoms with Crippen molar-refractivity contribution in [2.24, 2.45) is 5.92 Å². The fraction of sp³-hybridized carbons (Fsp3) is 0.846. The van der Waals surface area contributed by atoms with Crippen molar-refractivity contribution in [1.29, 1.82) is 0 Å². The molecule has 6 nitrogen and oxygen atoms in total. The van der Waals surface area contributed by atoms with E-state index >= 15 is 0 Å². The molecule has 0 aromatic carbocycles. The molecule has 0 aromatic rings. The smallest absolute Gasteiger partial charge is 0.326 e. The Morgan fingerprint density at radius 2 is 1.95 bits per heavy atom. The lowest BCUT2D eigenvalue weighted by molar-refractivity contribution is -0.145. The highest BCUT2D eigenvalue weighted by molar-refractivity contribution is 5.83. The van der Waals surface area contributed by atoms with Crippen LogP contribution in [0.4, 0.5) is 4.79 Å². The molecule has 2 heterocycles. The second-order valence-corrected chi connectivity index (χ2v) is 5.47. The van der Waals surface area contributed by atoms with Gasteiger partial charge in [-0.2, -0.15) is 0 Å². The molecule has 2 atom stereocenters. The summed E-state index contributed by atoms with van der Waals surface area (Å²) in [6.07, 6.45) is 2.69. The van der Waals surface area contributed by atoms with Crippen LogP contribution in [-0.2, 0) is 4.79 Å². The SMILES string of the molecule is CC1CCCN(C(=O)N2CCCNCC2)C1C(=O)O. The average Bonchev–Trinajstić information content (AvgIpc) is 2.66. The Bertz CT molecular complexity index is 340. The number of nitrogens with one attached hydrogen (secondary N) is 1. The third-order valence-corrected chi connectivity index (χ3v) is 4.04. The van der Waals surface area contributed by atoms with Gasteiger partial charge in [-0.25, -0.2) is 9.59 Å². The topological polar surface area (TPSA) is 72.9 Å². The maximum Gasteiger partial charge on any atom is 0.326 e. The first-order valence-electron chi connectivity index (χ1n) is 7.10. The minimum Gasteiger partial charge on any atom is -0.480 e. The van der Waals surface area contributed by atoms with Gasteiger partial charge in [0, 0.05) is 26.2 Å². The normalized spacial score (nSPS) is 28.9. The lowest BCUT2D eigenvalue weighted by Gasteiger charge is -2.39. The Kier molecular flexibility index (Phi) is 4.63. The van der Waals surface area contributed by atoms with Crippen LogP contribution in [0, 0.1) is 5.92 Å². The average molecular weight is 269 g/mol. The molecule has 0 radical (unpaired) electrons. The van der Waals surface area contributed by atoms with Crippen molar-refractivity contribution < 1.29 is 14.7 Å². The van der Waals surface area contributed by atoms with Gasteiger partial charge in [0.25, 0.3) is 0 Å². The second-order valence-electron chi connectivity index (χ2n) is 5.47. The molecule has 0 aliphatic carbocycles. The molecular weight excluding hydrogens is 246 g/mol. The molecule has 2 rings (SSSR count). The predicted molar refractivity (Wildman–Crippen MR) is 71.0 cm³/mol. The summed E-state index contributed by atoms with van der Waals surface area (Å²) in [5.41, 5.74) is 0. The third kappa shape index (κ3) is 3.18. The first kappa shape index (κ1) is 14.1. The van der Waals surface area contributed by atoms with Crippen LogP contribution in [0.25, 0.3) is 0 Å². The van der Waals surface area contributed by atoms with E-state index in [1.54, 1.807) is 9.80 Å².